The minimum Gasteiger partial charge on any atom is -0.493 e. The number of aliphatic carboxylic acids is 1. The van der Waals surface area contributed by atoms with E-state index in [-0.39, 0.29) is 0 Å². The van der Waals surface area contributed by atoms with Crippen molar-refractivity contribution in [3.05, 3.63) is 59.7 Å². The van der Waals surface area contributed by atoms with Gasteiger partial charge in [0.05, 0.1) is 13.3 Å². The van der Waals surface area contributed by atoms with E-state index in [1.807, 2.05) is 30.3 Å². The van der Waals surface area contributed by atoms with E-state index < -0.39 is 12.6 Å². The van der Waals surface area contributed by atoms with Crippen molar-refractivity contribution < 1.29 is 19.4 Å². The second-order valence-corrected chi connectivity index (χ2v) is 6.05. The number of methoxy groups -OCH3 is 1. The zero-order chi connectivity index (χ0) is 18.8. The van der Waals surface area contributed by atoms with Crippen molar-refractivity contribution in [1.82, 2.24) is 0 Å². The summed E-state index contributed by atoms with van der Waals surface area (Å²) >= 11 is 1.39. The molecular weight excluding hydrogens is 354 g/mol. The lowest BCUT2D eigenvalue weighted by atomic mass is 10.2. The molecule has 26 heavy (non-hydrogen) atoms. The minimum absolute atomic E-state index is 0.314. The maximum Gasteiger partial charge on any atom is 0.341 e. The third-order valence-electron chi connectivity index (χ3n) is 3.13. The van der Waals surface area contributed by atoms with Crippen molar-refractivity contribution in [1.29, 1.82) is 0 Å². The summed E-state index contributed by atoms with van der Waals surface area (Å²) in [5.41, 5.74) is 7.66. The normalized spacial score (nSPS) is 11.5. The predicted octanol–water partition coefficient (Wildman–Crippen LogP) is 2.74. The standard InChI is InChI=1S/C18H19N3O4S/c1-24-15-8-7-14(9-16(15)25-11-17(22)23)10-20-21-18(19)26-12-13-5-3-2-4-6-13/h2-10H,11-12H2,1H3,(H2,19,21)(H,22,23). The third kappa shape index (κ3) is 6.48. The summed E-state index contributed by atoms with van der Waals surface area (Å²) in [4.78, 5) is 10.6. The van der Waals surface area contributed by atoms with Crippen molar-refractivity contribution in [3.8, 4) is 11.5 Å². The van der Waals surface area contributed by atoms with Gasteiger partial charge in [-0.05, 0) is 29.3 Å². The highest BCUT2D eigenvalue weighted by molar-refractivity contribution is 8.13. The van der Waals surface area contributed by atoms with E-state index in [1.165, 1.54) is 25.1 Å². The fourth-order valence-corrected chi connectivity index (χ4v) is 2.55. The molecule has 0 fully saturated rings. The number of carbonyl (C=O) groups is 1. The molecule has 0 aliphatic carbocycles. The number of thioether (sulfide) groups is 1. The Kier molecular flexibility index (Phi) is 7.50. The molecule has 0 saturated carbocycles. The molecule has 0 aromatic heterocycles. The smallest absolute Gasteiger partial charge is 0.341 e. The van der Waals surface area contributed by atoms with Gasteiger partial charge in [0.25, 0.3) is 0 Å². The van der Waals surface area contributed by atoms with Crippen molar-refractivity contribution >= 4 is 29.1 Å². The van der Waals surface area contributed by atoms with Gasteiger partial charge in [-0.2, -0.15) is 5.10 Å². The Morgan fingerprint density at radius 3 is 2.69 bits per heavy atom. The average Bonchev–Trinajstić information content (AvgIpc) is 2.65. The number of amidine groups is 1. The van der Waals surface area contributed by atoms with Gasteiger partial charge in [0.2, 0.25) is 0 Å². The summed E-state index contributed by atoms with van der Waals surface area (Å²) in [6.45, 7) is -0.460. The molecule has 0 atom stereocenters. The lowest BCUT2D eigenvalue weighted by Gasteiger charge is -2.09. The number of rotatable bonds is 8. The quantitative estimate of drug-likeness (QED) is 0.419. The summed E-state index contributed by atoms with van der Waals surface area (Å²) in [5, 5.41) is 17.0. The summed E-state index contributed by atoms with van der Waals surface area (Å²) in [5.74, 6) is 0.388. The number of carboxylic acids is 1. The van der Waals surface area contributed by atoms with Crippen LogP contribution in [-0.2, 0) is 10.5 Å². The van der Waals surface area contributed by atoms with Crippen LogP contribution in [0, 0.1) is 0 Å². The Morgan fingerprint density at radius 2 is 2.00 bits per heavy atom. The second-order valence-electron chi connectivity index (χ2n) is 5.05. The maximum atomic E-state index is 10.6. The molecule has 0 amide bonds. The fraction of sp³-hybridized carbons (Fsp3) is 0.167. The maximum absolute atomic E-state index is 10.6. The van der Waals surface area contributed by atoms with Crippen LogP contribution in [0.1, 0.15) is 11.1 Å². The van der Waals surface area contributed by atoms with Crippen LogP contribution >= 0.6 is 11.8 Å². The van der Waals surface area contributed by atoms with Crippen LogP contribution in [0.2, 0.25) is 0 Å². The first-order chi connectivity index (χ1) is 12.6. The molecule has 8 heteroatoms. The van der Waals surface area contributed by atoms with Gasteiger partial charge in [0.15, 0.2) is 23.3 Å². The number of hydrogen-bond donors (Lipinski definition) is 2. The first-order valence-electron chi connectivity index (χ1n) is 7.64. The van der Waals surface area contributed by atoms with Crippen LogP contribution in [0.4, 0.5) is 0 Å². The molecular formula is C18H19N3O4S. The predicted molar refractivity (Wildman–Crippen MR) is 103 cm³/mol. The van der Waals surface area contributed by atoms with E-state index in [4.69, 9.17) is 20.3 Å². The van der Waals surface area contributed by atoms with Gasteiger partial charge < -0.3 is 20.3 Å². The van der Waals surface area contributed by atoms with Crippen LogP contribution in [0.3, 0.4) is 0 Å². The van der Waals surface area contributed by atoms with Gasteiger partial charge in [0.1, 0.15) is 0 Å². The zero-order valence-electron chi connectivity index (χ0n) is 14.2. The van der Waals surface area contributed by atoms with Gasteiger partial charge >= 0.3 is 5.97 Å². The van der Waals surface area contributed by atoms with E-state index >= 15 is 0 Å². The first-order valence-corrected chi connectivity index (χ1v) is 8.63. The summed E-state index contributed by atoms with van der Waals surface area (Å²) < 4.78 is 10.3. The van der Waals surface area contributed by atoms with Crippen LogP contribution in [0.25, 0.3) is 0 Å². The van der Waals surface area contributed by atoms with E-state index in [0.717, 1.165) is 5.56 Å². The molecule has 0 saturated heterocycles. The molecule has 0 aliphatic heterocycles. The van der Waals surface area contributed by atoms with Gasteiger partial charge in [-0.25, -0.2) is 4.79 Å². The minimum atomic E-state index is -1.07. The number of carboxylic acid groups (broad SMARTS) is 1. The number of nitrogens with two attached hydrogens (primary N) is 1. The molecule has 0 radical (unpaired) electrons. The lowest BCUT2D eigenvalue weighted by Crippen LogP contribution is -2.10. The van der Waals surface area contributed by atoms with E-state index in [2.05, 4.69) is 10.2 Å². The monoisotopic (exact) mass is 373 g/mol. The largest absolute Gasteiger partial charge is 0.493 e. The molecule has 3 N–H and O–H groups in total. The highest BCUT2D eigenvalue weighted by atomic mass is 32.2. The Morgan fingerprint density at radius 1 is 1.23 bits per heavy atom. The topological polar surface area (TPSA) is 107 Å². The molecule has 0 aliphatic rings. The number of hydrogen-bond acceptors (Lipinski definition) is 6. The summed E-state index contributed by atoms with van der Waals surface area (Å²) in [6, 6.07) is 14.9. The lowest BCUT2D eigenvalue weighted by molar-refractivity contribution is -0.139. The number of ether oxygens (including phenoxy) is 2. The van der Waals surface area contributed by atoms with Gasteiger partial charge in [-0.3, -0.25) is 0 Å². The van der Waals surface area contributed by atoms with Crippen LogP contribution < -0.4 is 15.2 Å². The first kappa shape index (κ1) is 19.3. The molecule has 0 unspecified atom stereocenters. The van der Waals surface area contributed by atoms with Crippen LogP contribution in [0.5, 0.6) is 11.5 Å². The second kappa shape index (κ2) is 10.1. The molecule has 0 heterocycles. The van der Waals surface area contributed by atoms with Crippen molar-refractivity contribution in [2.24, 2.45) is 15.9 Å². The molecule has 2 aromatic carbocycles. The Bertz CT molecular complexity index is 794. The Hall–Kier alpha value is -3.00. The molecule has 2 aromatic rings. The Labute approximate surface area is 155 Å². The van der Waals surface area contributed by atoms with E-state index in [1.54, 1.807) is 18.2 Å². The SMILES string of the molecule is COc1ccc(C=NN=C(N)SCc2ccccc2)cc1OCC(=O)O. The third-order valence-corrected chi connectivity index (χ3v) is 3.99. The van der Waals surface area contributed by atoms with Crippen LogP contribution in [0.15, 0.2) is 58.7 Å². The van der Waals surface area contributed by atoms with Gasteiger partial charge in [0, 0.05) is 5.75 Å². The van der Waals surface area contributed by atoms with Crippen molar-refractivity contribution in [3.63, 3.8) is 0 Å². The highest BCUT2D eigenvalue weighted by Gasteiger charge is 2.07. The number of nitrogens with zero attached hydrogens (tertiary/aromatic N) is 2. The zero-order valence-corrected chi connectivity index (χ0v) is 15.0. The highest BCUT2D eigenvalue weighted by Crippen LogP contribution is 2.27. The van der Waals surface area contributed by atoms with E-state index in [0.29, 0.717) is 28.0 Å². The molecule has 7 nitrogen and oxygen atoms in total. The molecule has 136 valence electrons. The van der Waals surface area contributed by atoms with Crippen molar-refractivity contribution in [2.45, 2.75) is 5.75 Å². The molecule has 0 bridgehead atoms. The fourth-order valence-electron chi connectivity index (χ4n) is 1.94. The molecule has 2 rings (SSSR count). The summed E-state index contributed by atoms with van der Waals surface area (Å²) in [7, 11) is 1.48. The van der Waals surface area contributed by atoms with E-state index in [9.17, 15) is 4.79 Å². The summed E-state index contributed by atoms with van der Waals surface area (Å²) in [6.07, 6.45) is 1.50. The van der Waals surface area contributed by atoms with Crippen molar-refractivity contribution in [2.75, 3.05) is 13.7 Å². The Balaban J connectivity index is 1.97. The number of benzene rings is 2. The van der Waals surface area contributed by atoms with Crippen LogP contribution in [-0.4, -0.2) is 36.2 Å². The van der Waals surface area contributed by atoms with Gasteiger partial charge in [-0.1, -0.05) is 42.1 Å². The average molecular weight is 373 g/mol. The van der Waals surface area contributed by atoms with Gasteiger partial charge in [-0.15, -0.1) is 5.10 Å². The molecule has 0 spiro atoms.